The zero-order valence-corrected chi connectivity index (χ0v) is 18.3. The molecule has 0 saturated carbocycles. The predicted octanol–water partition coefficient (Wildman–Crippen LogP) is 1.40. The van der Waals surface area contributed by atoms with E-state index in [4.69, 9.17) is 4.74 Å². The number of fused-ring (bicyclic) bond motifs is 1. The number of piperidine rings is 1. The van der Waals surface area contributed by atoms with Gasteiger partial charge >= 0.3 is 6.09 Å². The molecular weight excluding hydrogens is 416 g/mol. The van der Waals surface area contributed by atoms with Gasteiger partial charge in [-0.15, -0.1) is 0 Å². The van der Waals surface area contributed by atoms with Crippen LogP contribution in [0.3, 0.4) is 0 Å². The van der Waals surface area contributed by atoms with Crippen molar-refractivity contribution in [2.45, 2.75) is 64.3 Å². The summed E-state index contributed by atoms with van der Waals surface area (Å²) >= 11 is 0. The third kappa shape index (κ3) is 4.04. The Labute approximate surface area is 185 Å². The van der Waals surface area contributed by atoms with Crippen LogP contribution in [-0.2, 0) is 25.7 Å². The van der Waals surface area contributed by atoms with Crippen LogP contribution < -0.4 is 10.6 Å². The van der Waals surface area contributed by atoms with Crippen LogP contribution in [0.4, 0.5) is 10.5 Å². The third-order valence-corrected chi connectivity index (χ3v) is 5.79. The maximum atomic E-state index is 12.9. The Balaban J connectivity index is 1.47. The number of hydrogen-bond donors (Lipinski definition) is 2. The second-order valence-electron chi connectivity index (χ2n) is 9.20. The smallest absolute Gasteiger partial charge is 0.410 e. The molecule has 3 aliphatic rings. The lowest BCUT2D eigenvalue weighted by Gasteiger charge is -2.40. The summed E-state index contributed by atoms with van der Waals surface area (Å²) in [4.78, 5) is 64.6. The van der Waals surface area contributed by atoms with Crippen molar-refractivity contribution < 1.29 is 28.7 Å². The Kier molecular flexibility index (Phi) is 5.39. The molecule has 2 fully saturated rings. The largest absolute Gasteiger partial charge is 0.444 e. The Hall–Kier alpha value is -3.43. The SMILES string of the molecule is CC(C)(C)OC(=O)N1CCC1C(=O)Nc1cccc2c1CN(C1CCC(=O)NC1=O)C2=O. The molecule has 0 aromatic heterocycles. The third-order valence-electron chi connectivity index (χ3n) is 5.79. The highest BCUT2D eigenvalue weighted by Gasteiger charge is 2.42. The van der Waals surface area contributed by atoms with Crippen LogP contribution in [0.1, 0.15) is 56.0 Å². The summed E-state index contributed by atoms with van der Waals surface area (Å²) in [6.45, 7) is 5.87. The summed E-state index contributed by atoms with van der Waals surface area (Å²) in [6, 6.07) is 3.62. The fraction of sp³-hybridized carbons (Fsp3) is 0.500. The minimum atomic E-state index is -0.731. The first-order chi connectivity index (χ1) is 15.0. The number of nitrogens with zero attached hydrogens (tertiary/aromatic N) is 2. The van der Waals surface area contributed by atoms with E-state index in [1.165, 1.54) is 9.80 Å². The number of ether oxygens (including phenoxy) is 1. The monoisotopic (exact) mass is 442 g/mol. The number of rotatable bonds is 3. The summed E-state index contributed by atoms with van der Waals surface area (Å²) in [5.74, 6) is -1.51. The molecule has 0 bridgehead atoms. The van der Waals surface area contributed by atoms with E-state index < -0.39 is 29.7 Å². The minimum absolute atomic E-state index is 0.150. The Morgan fingerprint density at radius 1 is 1.16 bits per heavy atom. The number of amides is 5. The average Bonchev–Trinajstić information content (AvgIpc) is 2.97. The molecule has 2 saturated heterocycles. The lowest BCUT2D eigenvalue weighted by atomic mass is 10.0. The quantitative estimate of drug-likeness (QED) is 0.682. The number of anilines is 1. The molecule has 0 aliphatic carbocycles. The van der Waals surface area contributed by atoms with Gasteiger partial charge in [0.25, 0.3) is 5.91 Å². The van der Waals surface area contributed by atoms with Crippen molar-refractivity contribution in [2.24, 2.45) is 0 Å². The van der Waals surface area contributed by atoms with E-state index in [1.807, 2.05) is 0 Å². The van der Waals surface area contributed by atoms with Crippen molar-refractivity contribution >= 4 is 35.4 Å². The first kappa shape index (κ1) is 21.8. The van der Waals surface area contributed by atoms with E-state index in [2.05, 4.69) is 10.6 Å². The molecule has 1 aromatic carbocycles. The summed E-state index contributed by atoms with van der Waals surface area (Å²) < 4.78 is 5.35. The van der Waals surface area contributed by atoms with Crippen molar-refractivity contribution in [3.8, 4) is 0 Å². The average molecular weight is 442 g/mol. The van der Waals surface area contributed by atoms with Crippen LogP contribution in [0, 0.1) is 0 Å². The number of benzene rings is 1. The highest BCUT2D eigenvalue weighted by atomic mass is 16.6. The molecule has 4 rings (SSSR count). The van der Waals surface area contributed by atoms with Gasteiger partial charge < -0.3 is 15.0 Å². The lowest BCUT2D eigenvalue weighted by molar-refractivity contribution is -0.137. The van der Waals surface area contributed by atoms with Gasteiger partial charge in [0.05, 0.1) is 0 Å². The van der Waals surface area contributed by atoms with Gasteiger partial charge in [0.1, 0.15) is 17.7 Å². The number of carbonyl (C=O) groups is 5. The van der Waals surface area contributed by atoms with E-state index >= 15 is 0 Å². The van der Waals surface area contributed by atoms with Crippen molar-refractivity contribution in [2.75, 3.05) is 11.9 Å². The zero-order chi connectivity index (χ0) is 23.2. The van der Waals surface area contributed by atoms with Crippen molar-refractivity contribution in [1.29, 1.82) is 0 Å². The molecular formula is C22H26N4O6. The van der Waals surface area contributed by atoms with E-state index in [9.17, 15) is 24.0 Å². The Bertz CT molecular complexity index is 1010. The molecule has 10 nitrogen and oxygen atoms in total. The number of likely N-dealkylation sites (tertiary alicyclic amines) is 1. The molecule has 2 atom stereocenters. The van der Waals surface area contributed by atoms with E-state index in [0.29, 0.717) is 29.8 Å². The molecule has 5 amide bonds. The predicted molar refractivity (Wildman–Crippen MR) is 112 cm³/mol. The molecule has 170 valence electrons. The molecule has 3 heterocycles. The van der Waals surface area contributed by atoms with Gasteiger partial charge in [-0.2, -0.15) is 0 Å². The van der Waals surface area contributed by atoms with Gasteiger partial charge in [0.2, 0.25) is 17.7 Å². The summed E-state index contributed by atoms with van der Waals surface area (Å²) in [5, 5.41) is 5.10. The van der Waals surface area contributed by atoms with Crippen LogP contribution in [0.2, 0.25) is 0 Å². The number of nitrogens with one attached hydrogen (secondary N) is 2. The fourth-order valence-corrected chi connectivity index (χ4v) is 4.12. The molecule has 32 heavy (non-hydrogen) atoms. The topological polar surface area (TPSA) is 125 Å². The second-order valence-corrected chi connectivity index (χ2v) is 9.20. The van der Waals surface area contributed by atoms with E-state index in [0.717, 1.165) is 0 Å². The fourth-order valence-electron chi connectivity index (χ4n) is 4.12. The van der Waals surface area contributed by atoms with Crippen molar-refractivity contribution in [1.82, 2.24) is 15.1 Å². The normalized spacial score (nSPS) is 22.8. The maximum absolute atomic E-state index is 12.9. The Morgan fingerprint density at radius 3 is 2.53 bits per heavy atom. The molecule has 1 aromatic rings. The molecule has 0 spiro atoms. The van der Waals surface area contributed by atoms with Crippen LogP contribution >= 0.6 is 0 Å². The van der Waals surface area contributed by atoms with Crippen molar-refractivity contribution in [3.05, 3.63) is 29.3 Å². The highest BCUT2D eigenvalue weighted by molar-refractivity contribution is 6.07. The molecule has 0 radical (unpaired) electrons. The van der Waals surface area contributed by atoms with Crippen LogP contribution in [0.25, 0.3) is 0 Å². The van der Waals surface area contributed by atoms with Crippen LogP contribution in [0.5, 0.6) is 0 Å². The highest BCUT2D eigenvalue weighted by Crippen LogP contribution is 2.33. The molecule has 2 N–H and O–H groups in total. The number of carbonyl (C=O) groups excluding carboxylic acids is 5. The summed E-state index contributed by atoms with van der Waals surface area (Å²) in [6.07, 6.45) is 0.407. The molecule has 2 unspecified atom stereocenters. The lowest BCUT2D eigenvalue weighted by Crippen LogP contribution is -2.57. The minimum Gasteiger partial charge on any atom is -0.444 e. The maximum Gasteiger partial charge on any atom is 0.410 e. The van der Waals surface area contributed by atoms with Gasteiger partial charge in [0, 0.05) is 36.3 Å². The van der Waals surface area contributed by atoms with Gasteiger partial charge in [-0.25, -0.2) is 4.79 Å². The summed E-state index contributed by atoms with van der Waals surface area (Å²) in [7, 11) is 0. The first-order valence-corrected chi connectivity index (χ1v) is 10.6. The van der Waals surface area contributed by atoms with Crippen LogP contribution in [0.15, 0.2) is 18.2 Å². The van der Waals surface area contributed by atoms with Crippen LogP contribution in [-0.4, -0.2) is 63.8 Å². The van der Waals surface area contributed by atoms with E-state index in [1.54, 1.807) is 39.0 Å². The Morgan fingerprint density at radius 2 is 1.91 bits per heavy atom. The second kappa shape index (κ2) is 7.92. The van der Waals surface area contributed by atoms with E-state index in [-0.39, 0.29) is 37.1 Å². The van der Waals surface area contributed by atoms with Gasteiger partial charge in [-0.3, -0.25) is 29.4 Å². The van der Waals surface area contributed by atoms with Gasteiger partial charge in [0.15, 0.2) is 0 Å². The summed E-state index contributed by atoms with van der Waals surface area (Å²) in [5.41, 5.74) is 0.823. The molecule has 10 heteroatoms. The zero-order valence-electron chi connectivity index (χ0n) is 18.3. The molecule has 3 aliphatic heterocycles. The standard InChI is InChI=1S/C22H26N4O6/c1-22(2,3)32-21(31)25-10-9-16(25)18(28)23-14-6-4-5-12-13(14)11-26(20(12)30)15-7-8-17(27)24-19(15)29/h4-6,15-16H,7-11H2,1-3H3,(H,23,28)(H,24,27,29). The van der Waals surface area contributed by atoms with Crippen molar-refractivity contribution in [3.63, 3.8) is 0 Å². The number of imide groups is 1. The first-order valence-electron chi connectivity index (χ1n) is 10.6. The van der Waals surface area contributed by atoms with Gasteiger partial charge in [-0.1, -0.05) is 6.07 Å². The number of hydrogen-bond acceptors (Lipinski definition) is 6. The van der Waals surface area contributed by atoms with Gasteiger partial charge in [-0.05, 0) is 45.7 Å².